The number of nitrogens with one attached hydrogen (secondary N) is 1. The Balaban J connectivity index is 1.62. The summed E-state index contributed by atoms with van der Waals surface area (Å²) in [6.45, 7) is 3.49. The molecule has 0 fully saturated rings. The van der Waals surface area contributed by atoms with Crippen molar-refractivity contribution in [1.29, 1.82) is 0 Å². The van der Waals surface area contributed by atoms with Crippen LogP contribution in [0, 0.1) is 17.0 Å². The van der Waals surface area contributed by atoms with Crippen LogP contribution in [0.2, 0.25) is 0 Å². The molecule has 0 atom stereocenters. The van der Waals surface area contributed by atoms with Crippen molar-refractivity contribution >= 4 is 17.3 Å². The molecule has 1 N–H and O–H groups in total. The van der Waals surface area contributed by atoms with Gasteiger partial charge in [0, 0.05) is 17.2 Å². The normalized spacial score (nSPS) is 11.2. The molecule has 1 aromatic heterocycles. The number of nitro benzene ring substituents is 1. The SMILES string of the molecule is C/C(=N/NC(=O)c1ccc(COc2ccccc2)o1)c1ccc(C)c([N+](=O)[O-])c1. The Kier molecular flexibility index (Phi) is 6.03. The van der Waals surface area contributed by atoms with Gasteiger partial charge < -0.3 is 9.15 Å². The molecule has 0 aliphatic carbocycles. The number of hydrogen-bond donors (Lipinski definition) is 1. The van der Waals surface area contributed by atoms with Gasteiger partial charge in [-0.15, -0.1) is 0 Å². The number of para-hydroxylation sites is 1. The highest BCUT2D eigenvalue weighted by atomic mass is 16.6. The van der Waals surface area contributed by atoms with E-state index in [4.69, 9.17) is 9.15 Å². The predicted octanol–water partition coefficient (Wildman–Crippen LogP) is 4.23. The zero-order valence-electron chi connectivity index (χ0n) is 15.9. The van der Waals surface area contributed by atoms with E-state index in [-0.39, 0.29) is 18.1 Å². The fraction of sp³-hybridized carbons (Fsp3) is 0.143. The Hall–Kier alpha value is -3.94. The van der Waals surface area contributed by atoms with Gasteiger partial charge in [0.1, 0.15) is 18.1 Å². The number of ether oxygens (including phenoxy) is 1. The van der Waals surface area contributed by atoms with Crippen molar-refractivity contribution in [2.45, 2.75) is 20.5 Å². The van der Waals surface area contributed by atoms with Crippen LogP contribution in [0.25, 0.3) is 0 Å². The highest BCUT2D eigenvalue weighted by Crippen LogP contribution is 2.19. The zero-order chi connectivity index (χ0) is 20.8. The molecule has 2 aromatic carbocycles. The van der Waals surface area contributed by atoms with Gasteiger partial charge in [0.05, 0.1) is 10.6 Å². The molecule has 0 saturated heterocycles. The van der Waals surface area contributed by atoms with Gasteiger partial charge in [-0.05, 0) is 38.1 Å². The lowest BCUT2D eigenvalue weighted by Gasteiger charge is -2.04. The number of benzene rings is 2. The number of hydrazone groups is 1. The minimum Gasteiger partial charge on any atom is -0.486 e. The van der Waals surface area contributed by atoms with Gasteiger partial charge in [0.25, 0.3) is 5.69 Å². The summed E-state index contributed by atoms with van der Waals surface area (Å²) in [6, 6.07) is 17.2. The number of hydrogen-bond acceptors (Lipinski definition) is 6. The number of aryl methyl sites for hydroxylation is 1. The van der Waals surface area contributed by atoms with Crippen LogP contribution in [0.1, 0.15) is 34.4 Å². The van der Waals surface area contributed by atoms with Crippen LogP contribution in [-0.4, -0.2) is 16.5 Å². The van der Waals surface area contributed by atoms with Crippen LogP contribution < -0.4 is 10.2 Å². The molecule has 3 aromatic rings. The first-order chi connectivity index (χ1) is 13.9. The zero-order valence-corrected chi connectivity index (χ0v) is 15.9. The first kappa shape index (κ1) is 19.8. The smallest absolute Gasteiger partial charge is 0.307 e. The Bertz CT molecular complexity index is 1060. The maximum atomic E-state index is 12.2. The summed E-state index contributed by atoms with van der Waals surface area (Å²) in [4.78, 5) is 22.9. The van der Waals surface area contributed by atoms with Crippen molar-refractivity contribution in [2.24, 2.45) is 5.10 Å². The van der Waals surface area contributed by atoms with Crippen molar-refractivity contribution in [2.75, 3.05) is 0 Å². The van der Waals surface area contributed by atoms with E-state index in [1.165, 1.54) is 12.1 Å². The Morgan fingerprint density at radius 2 is 1.93 bits per heavy atom. The Morgan fingerprint density at radius 1 is 1.17 bits per heavy atom. The third-order valence-corrected chi connectivity index (χ3v) is 4.16. The molecular weight excluding hydrogens is 374 g/mol. The molecular formula is C21H19N3O5. The number of amides is 1. The molecule has 8 heteroatoms. The third kappa shape index (κ3) is 5.07. The molecule has 0 spiro atoms. The first-order valence-electron chi connectivity index (χ1n) is 8.80. The fourth-order valence-corrected chi connectivity index (χ4v) is 2.53. The molecule has 29 heavy (non-hydrogen) atoms. The molecule has 0 saturated carbocycles. The molecule has 8 nitrogen and oxygen atoms in total. The Labute approximate surface area is 167 Å². The summed E-state index contributed by atoms with van der Waals surface area (Å²) in [5, 5.41) is 15.1. The minimum absolute atomic E-state index is 0.00234. The lowest BCUT2D eigenvalue weighted by molar-refractivity contribution is -0.385. The van der Waals surface area contributed by atoms with Crippen molar-refractivity contribution < 1.29 is 18.9 Å². The van der Waals surface area contributed by atoms with Gasteiger partial charge >= 0.3 is 5.91 Å². The second-order valence-corrected chi connectivity index (χ2v) is 6.26. The van der Waals surface area contributed by atoms with Crippen LogP contribution in [0.4, 0.5) is 5.69 Å². The summed E-state index contributed by atoms with van der Waals surface area (Å²) in [6.07, 6.45) is 0. The summed E-state index contributed by atoms with van der Waals surface area (Å²) in [5.74, 6) is 0.746. The fourth-order valence-electron chi connectivity index (χ4n) is 2.53. The lowest BCUT2D eigenvalue weighted by Crippen LogP contribution is -2.18. The predicted molar refractivity (Wildman–Crippen MR) is 107 cm³/mol. The average Bonchev–Trinajstić information content (AvgIpc) is 3.20. The summed E-state index contributed by atoms with van der Waals surface area (Å²) in [5.41, 5.74) is 3.91. The van der Waals surface area contributed by atoms with E-state index < -0.39 is 10.8 Å². The van der Waals surface area contributed by atoms with Crippen LogP contribution in [-0.2, 0) is 6.61 Å². The molecule has 3 rings (SSSR count). The van der Waals surface area contributed by atoms with Crippen molar-refractivity contribution in [3.05, 3.63) is 93.4 Å². The van der Waals surface area contributed by atoms with E-state index in [2.05, 4.69) is 10.5 Å². The topological polar surface area (TPSA) is 107 Å². The van der Waals surface area contributed by atoms with Gasteiger partial charge in [0.15, 0.2) is 5.76 Å². The molecule has 1 amide bonds. The molecule has 1 heterocycles. The van der Waals surface area contributed by atoms with E-state index >= 15 is 0 Å². The van der Waals surface area contributed by atoms with Gasteiger partial charge in [-0.25, -0.2) is 5.43 Å². The molecule has 0 radical (unpaired) electrons. The largest absolute Gasteiger partial charge is 0.486 e. The van der Waals surface area contributed by atoms with Gasteiger partial charge in [-0.1, -0.05) is 30.3 Å². The Morgan fingerprint density at radius 3 is 2.66 bits per heavy atom. The molecule has 148 valence electrons. The number of nitrogens with zero attached hydrogens (tertiary/aromatic N) is 2. The standard InChI is InChI=1S/C21H19N3O5/c1-14-8-9-16(12-19(14)24(26)27)15(2)22-23-21(25)20-11-10-18(29-20)13-28-17-6-4-3-5-7-17/h3-12H,13H2,1-2H3,(H,23,25)/b22-15-. The van der Waals surface area contributed by atoms with Crippen LogP contribution in [0.5, 0.6) is 5.75 Å². The highest BCUT2D eigenvalue weighted by Gasteiger charge is 2.14. The van der Waals surface area contributed by atoms with Gasteiger partial charge in [-0.3, -0.25) is 14.9 Å². The summed E-state index contributed by atoms with van der Waals surface area (Å²) in [7, 11) is 0. The third-order valence-electron chi connectivity index (χ3n) is 4.16. The number of nitro groups is 1. The first-order valence-corrected chi connectivity index (χ1v) is 8.80. The maximum absolute atomic E-state index is 12.2. The summed E-state index contributed by atoms with van der Waals surface area (Å²) < 4.78 is 11.0. The number of carbonyl (C=O) groups excluding carboxylic acids is 1. The molecule has 0 aliphatic rings. The maximum Gasteiger partial charge on any atom is 0.307 e. The van der Waals surface area contributed by atoms with Gasteiger partial charge in [0.2, 0.25) is 0 Å². The quantitative estimate of drug-likeness (QED) is 0.367. The van der Waals surface area contributed by atoms with Crippen LogP contribution in [0.15, 0.2) is 70.2 Å². The van der Waals surface area contributed by atoms with Crippen molar-refractivity contribution in [3.8, 4) is 5.75 Å². The van der Waals surface area contributed by atoms with Gasteiger partial charge in [-0.2, -0.15) is 5.10 Å². The van der Waals surface area contributed by atoms with E-state index in [1.807, 2.05) is 30.3 Å². The second kappa shape index (κ2) is 8.83. The van der Waals surface area contributed by atoms with E-state index in [9.17, 15) is 14.9 Å². The van der Waals surface area contributed by atoms with E-state index in [0.717, 1.165) is 0 Å². The van der Waals surface area contributed by atoms with E-state index in [1.54, 1.807) is 32.0 Å². The number of furan rings is 1. The van der Waals surface area contributed by atoms with Crippen LogP contribution >= 0.6 is 0 Å². The number of rotatable bonds is 7. The lowest BCUT2D eigenvalue weighted by atomic mass is 10.1. The van der Waals surface area contributed by atoms with Crippen molar-refractivity contribution in [3.63, 3.8) is 0 Å². The molecule has 0 unspecified atom stereocenters. The highest BCUT2D eigenvalue weighted by molar-refractivity contribution is 6.00. The summed E-state index contributed by atoms with van der Waals surface area (Å²) >= 11 is 0. The monoisotopic (exact) mass is 393 g/mol. The number of carbonyl (C=O) groups is 1. The minimum atomic E-state index is -0.531. The molecule has 0 aliphatic heterocycles. The average molecular weight is 393 g/mol. The molecule has 0 bridgehead atoms. The van der Waals surface area contributed by atoms with Crippen molar-refractivity contribution in [1.82, 2.24) is 5.43 Å². The second-order valence-electron chi connectivity index (χ2n) is 6.26. The van der Waals surface area contributed by atoms with E-state index in [0.29, 0.717) is 28.3 Å². The van der Waals surface area contributed by atoms with Crippen LogP contribution in [0.3, 0.4) is 0 Å².